The zero-order chi connectivity index (χ0) is 24.7. The van der Waals surface area contributed by atoms with Crippen molar-refractivity contribution in [2.75, 3.05) is 47.1 Å². The zero-order valence-corrected chi connectivity index (χ0v) is 21.4. The molecule has 0 radical (unpaired) electrons. The molecule has 8 nitrogen and oxygen atoms in total. The molecule has 2 aromatic rings. The average molecular weight is 490 g/mol. The lowest BCUT2D eigenvalue weighted by molar-refractivity contribution is -0.135. The van der Waals surface area contributed by atoms with Gasteiger partial charge in [0.05, 0.1) is 19.8 Å². The minimum atomic E-state index is -0.407. The van der Waals surface area contributed by atoms with Crippen LogP contribution in [0.25, 0.3) is 0 Å². The predicted molar refractivity (Wildman–Crippen MR) is 133 cm³/mol. The van der Waals surface area contributed by atoms with Crippen LogP contribution >= 0.6 is 11.3 Å². The molecule has 0 saturated carbocycles. The Kier molecular flexibility index (Phi) is 8.79. The molecule has 186 valence electrons. The second kappa shape index (κ2) is 11.6. The highest BCUT2D eigenvalue weighted by Crippen LogP contribution is 2.34. The van der Waals surface area contributed by atoms with Gasteiger partial charge in [-0.15, -0.1) is 11.3 Å². The molecule has 3 amide bonds. The molecule has 2 heterocycles. The first-order chi connectivity index (χ1) is 16.2. The lowest BCUT2D eigenvalue weighted by Gasteiger charge is -2.37. The Morgan fingerprint density at radius 3 is 2.68 bits per heavy atom. The largest absolute Gasteiger partial charge is 0.497 e. The van der Waals surface area contributed by atoms with Crippen molar-refractivity contribution in [2.45, 2.75) is 38.8 Å². The molecule has 1 aliphatic heterocycles. The maximum Gasteiger partial charge on any atom is 0.318 e. The number of rotatable bonds is 9. The Morgan fingerprint density at radius 2 is 1.97 bits per heavy atom. The number of carbonyl (C=O) groups excluding carboxylic acids is 2. The SMILES string of the molecule is COCCN(CC(=O)N1CCc2sccc2C1COc1cccc(OC)c1)C(=O)NC(C)(C)C. The standard InChI is InChI=1S/C25H35N3O5S/c1-25(2,3)26-24(30)27(12-13-31-4)16-23(29)28-11-9-22-20(10-14-34-22)21(28)17-33-19-8-6-7-18(15-19)32-5/h6-8,10,14-15,21H,9,11-13,16-17H2,1-5H3,(H,26,30). The van der Waals surface area contributed by atoms with E-state index in [4.69, 9.17) is 14.2 Å². The molecule has 3 rings (SSSR count). The highest BCUT2D eigenvalue weighted by Gasteiger charge is 2.34. The van der Waals surface area contributed by atoms with Crippen LogP contribution in [-0.4, -0.2) is 74.3 Å². The van der Waals surface area contributed by atoms with E-state index in [1.807, 2.05) is 49.9 Å². The molecular weight excluding hydrogens is 454 g/mol. The number of nitrogens with zero attached hydrogens (tertiary/aromatic N) is 2. The van der Waals surface area contributed by atoms with E-state index < -0.39 is 5.54 Å². The summed E-state index contributed by atoms with van der Waals surface area (Å²) in [6.07, 6.45) is 0.792. The highest BCUT2D eigenvalue weighted by atomic mass is 32.1. The van der Waals surface area contributed by atoms with Crippen molar-refractivity contribution < 1.29 is 23.8 Å². The summed E-state index contributed by atoms with van der Waals surface area (Å²) in [6, 6.07) is 8.97. The molecule has 1 aromatic heterocycles. The summed E-state index contributed by atoms with van der Waals surface area (Å²) in [5.41, 5.74) is 0.699. The lowest BCUT2D eigenvalue weighted by Crippen LogP contribution is -2.53. The fourth-order valence-electron chi connectivity index (χ4n) is 3.85. The Labute approximate surface area is 205 Å². The van der Waals surface area contributed by atoms with Gasteiger partial charge in [-0.1, -0.05) is 6.07 Å². The molecule has 1 aromatic carbocycles. The molecular formula is C25H35N3O5S. The van der Waals surface area contributed by atoms with Crippen LogP contribution in [0.3, 0.4) is 0 Å². The first kappa shape index (κ1) is 25.8. The normalized spacial score (nSPS) is 15.4. The molecule has 0 saturated heterocycles. The van der Waals surface area contributed by atoms with Gasteiger partial charge in [-0.2, -0.15) is 0 Å². The van der Waals surface area contributed by atoms with Gasteiger partial charge in [-0.3, -0.25) is 4.79 Å². The molecule has 0 aliphatic carbocycles. The quantitative estimate of drug-likeness (QED) is 0.581. The first-order valence-electron chi connectivity index (χ1n) is 11.4. The zero-order valence-electron chi connectivity index (χ0n) is 20.6. The molecule has 1 unspecified atom stereocenters. The van der Waals surface area contributed by atoms with Crippen molar-refractivity contribution in [1.82, 2.24) is 15.1 Å². The van der Waals surface area contributed by atoms with Crippen LogP contribution < -0.4 is 14.8 Å². The number of benzene rings is 1. The van der Waals surface area contributed by atoms with Crippen molar-refractivity contribution in [3.63, 3.8) is 0 Å². The van der Waals surface area contributed by atoms with Crippen LogP contribution in [0.5, 0.6) is 11.5 Å². The molecule has 0 bridgehead atoms. The van der Waals surface area contributed by atoms with E-state index in [1.165, 1.54) is 9.78 Å². The smallest absolute Gasteiger partial charge is 0.318 e. The van der Waals surface area contributed by atoms with E-state index in [1.54, 1.807) is 25.6 Å². The van der Waals surface area contributed by atoms with Gasteiger partial charge < -0.3 is 29.3 Å². The number of thiophene rings is 1. The van der Waals surface area contributed by atoms with E-state index in [9.17, 15) is 9.59 Å². The third kappa shape index (κ3) is 6.87. The second-order valence-corrected chi connectivity index (χ2v) is 10.2. The number of amides is 3. The van der Waals surface area contributed by atoms with Gasteiger partial charge in [-0.05, 0) is 56.3 Å². The van der Waals surface area contributed by atoms with Gasteiger partial charge in [0.15, 0.2) is 0 Å². The summed E-state index contributed by atoms with van der Waals surface area (Å²) in [5, 5.41) is 5.00. The van der Waals surface area contributed by atoms with Crippen molar-refractivity contribution in [3.8, 4) is 11.5 Å². The Bertz CT molecular complexity index is 971. The van der Waals surface area contributed by atoms with E-state index in [-0.39, 0.29) is 24.5 Å². The minimum Gasteiger partial charge on any atom is -0.497 e. The summed E-state index contributed by atoms with van der Waals surface area (Å²) in [6.45, 7) is 7.28. The maximum atomic E-state index is 13.5. The van der Waals surface area contributed by atoms with E-state index in [0.29, 0.717) is 37.8 Å². The van der Waals surface area contributed by atoms with E-state index in [2.05, 4.69) is 16.8 Å². The average Bonchev–Trinajstić information content (AvgIpc) is 3.28. The summed E-state index contributed by atoms with van der Waals surface area (Å²) in [5.74, 6) is 1.28. The van der Waals surface area contributed by atoms with Crippen LogP contribution in [-0.2, 0) is 16.0 Å². The van der Waals surface area contributed by atoms with Gasteiger partial charge >= 0.3 is 6.03 Å². The number of methoxy groups -OCH3 is 2. The molecule has 34 heavy (non-hydrogen) atoms. The van der Waals surface area contributed by atoms with Crippen LogP contribution in [0.2, 0.25) is 0 Å². The molecule has 1 N–H and O–H groups in total. The van der Waals surface area contributed by atoms with Crippen LogP contribution in [0, 0.1) is 0 Å². The van der Waals surface area contributed by atoms with Crippen LogP contribution in [0.4, 0.5) is 4.79 Å². The van der Waals surface area contributed by atoms with E-state index >= 15 is 0 Å². The Balaban J connectivity index is 1.76. The second-order valence-electron chi connectivity index (χ2n) is 9.24. The Morgan fingerprint density at radius 1 is 1.21 bits per heavy atom. The number of hydrogen-bond donors (Lipinski definition) is 1. The summed E-state index contributed by atoms with van der Waals surface area (Å²) >= 11 is 1.70. The first-order valence-corrected chi connectivity index (χ1v) is 12.3. The number of nitrogens with one attached hydrogen (secondary N) is 1. The van der Waals surface area contributed by atoms with Crippen LogP contribution in [0.1, 0.15) is 37.3 Å². The fourth-order valence-corrected chi connectivity index (χ4v) is 4.78. The van der Waals surface area contributed by atoms with E-state index in [0.717, 1.165) is 12.0 Å². The molecule has 0 fully saturated rings. The number of ether oxygens (including phenoxy) is 3. The minimum absolute atomic E-state index is 0.0274. The van der Waals surface area contributed by atoms with Gasteiger partial charge in [0, 0.05) is 36.7 Å². The topological polar surface area (TPSA) is 80.3 Å². The fraction of sp³-hybridized carbons (Fsp3) is 0.520. The molecule has 1 aliphatic rings. The number of hydrogen-bond acceptors (Lipinski definition) is 6. The number of fused-ring (bicyclic) bond motifs is 1. The monoisotopic (exact) mass is 489 g/mol. The van der Waals surface area contributed by atoms with Crippen molar-refractivity contribution >= 4 is 23.3 Å². The summed E-state index contributed by atoms with van der Waals surface area (Å²) < 4.78 is 16.5. The maximum absolute atomic E-state index is 13.5. The molecule has 9 heteroatoms. The summed E-state index contributed by atoms with van der Waals surface area (Å²) in [4.78, 5) is 30.9. The predicted octanol–water partition coefficient (Wildman–Crippen LogP) is 3.72. The van der Waals surface area contributed by atoms with Crippen molar-refractivity contribution in [3.05, 3.63) is 46.2 Å². The third-order valence-corrected chi connectivity index (χ3v) is 6.52. The van der Waals surface area contributed by atoms with Crippen molar-refractivity contribution in [1.29, 1.82) is 0 Å². The van der Waals surface area contributed by atoms with Crippen molar-refractivity contribution in [2.24, 2.45) is 0 Å². The highest BCUT2D eigenvalue weighted by molar-refractivity contribution is 7.10. The molecule has 0 spiro atoms. The lowest BCUT2D eigenvalue weighted by atomic mass is 10.0. The third-order valence-electron chi connectivity index (χ3n) is 5.52. The van der Waals surface area contributed by atoms with Gasteiger partial charge in [-0.25, -0.2) is 4.79 Å². The summed E-state index contributed by atoms with van der Waals surface area (Å²) in [7, 11) is 3.19. The number of carbonyl (C=O) groups is 2. The number of urea groups is 1. The molecule has 1 atom stereocenters. The van der Waals surface area contributed by atoms with Gasteiger partial charge in [0.1, 0.15) is 24.7 Å². The van der Waals surface area contributed by atoms with Gasteiger partial charge in [0.25, 0.3) is 0 Å². The Hall–Kier alpha value is -2.78. The van der Waals surface area contributed by atoms with Gasteiger partial charge in [0.2, 0.25) is 5.91 Å². The van der Waals surface area contributed by atoms with Crippen LogP contribution in [0.15, 0.2) is 35.7 Å².